The number of fused-ring (bicyclic) bond motifs is 1. The maximum atomic E-state index is 11.3. The van der Waals surface area contributed by atoms with Crippen molar-refractivity contribution in [3.8, 4) is 5.75 Å². The average Bonchev–Trinajstić information content (AvgIpc) is 3.47. The maximum Gasteiger partial charge on any atom is 0.141 e. The van der Waals surface area contributed by atoms with Gasteiger partial charge in [-0.15, -0.1) is 0 Å². The first kappa shape index (κ1) is 19.3. The van der Waals surface area contributed by atoms with Crippen molar-refractivity contribution in [2.75, 3.05) is 31.5 Å². The summed E-state index contributed by atoms with van der Waals surface area (Å²) in [6.45, 7) is 5.99. The van der Waals surface area contributed by atoms with Crippen LogP contribution in [0.25, 0.3) is 10.9 Å². The average molecular weight is 404 g/mol. The first-order valence-corrected chi connectivity index (χ1v) is 11.0. The molecule has 2 aliphatic rings. The van der Waals surface area contributed by atoms with Gasteiger partial charge in [-0.1, -0.05) is 18.2 Å². The normalized spacial score (nSPS) is 17.7. The molecule has 0 saturated carbocycles. The predicted octanol–water partition coefficient (Wildman–Crippen LogP) is 4.27. The fourth-order valence-electron chi connectivity index (χ4n) is 4.67. The molecule has 5 rings (SSSR count). The van der Waals surface area contributed by atoms with E-state index in [2.05, 4.69) is 37.2 Å². The Morgan fingerprint density at radius 3 is 2.30 bits per heavy atom. The quantitative estimate of drug-likeness (QED) is 0.641. The first-order valence-electron chi connectivity index (χ1n) is 11.0. The third-order valence-electron chi connectivity index (χ3n) is 6.34. The molecule has 0 radical (unpaired) electrons. The lowest BCUT2D eigenvalue weighted by Gasteiger charge is -2.23. The van der Waals surface area contributed by atoms with E-state index in [0.29, 0.717) is 5.75 Å². The standard InChI is InChI=1S/C24H29N5O/c30-23-18(15-28-11-3-4-12-28)9-10-22(20(23)16-29-13-5-6-14-29)27-24-19-7-1-2-8-21(19)25-17-26-24/h1-2,7-10,17,30H,3-6,11-16H2,(H,25,26,27). The monoisotopic (exact) mass is 403 g/mol. The van der Waals surface area contributed by atoms with Crippen molar-refractivity contribution in [2.24, 2.45) is 0 Å². The number of anilines is 2. The van der Waals surface area contributed by atoms with Gasteiger partial charge in [0.05, 0.1) is 5.52 Å². The van der Waals surface area contributed by atoms with Crippen LogP contribution < -0.4 is 5.32 Å². The van der Waals surface area contributed by atoms with Gasteiger partial charge in [-0.25, -0.2) is 9.97 Å². The largest absolute Gasteiger partial charge is 0.507 e. The molecule has 2 aliphatic heterocycles. The molecular weight excluding hydrogens is 374 g/mol. The predicted molar refractivity (Wildman–Crippen MR) is 120 cm³/mol. The number of nitrogens with one attached hydrogen (secondary N) is 1. The van der Waals surface area contributed by atoms with E-state index in [1.54, 1.807) is 6.33 Å². The Morgan fingerprint density at radius 2 is 1.53 bits per heavy atom. The van der Waals surface area contributed by atoms with Gasteiger partial charge in [0.25, 0.3) is 0 Å². The second-order valence-electron chi connectivity index (χ2n) is 8.43. The third kappa shape index (κ3) is 3.98. The molecule has 6 heteroatoms. The molecule has 0 aliphatic carbocycles. The first-order chi connectivity index (χ1) is 14.8. The highest BCUT2D eigenvalue weighted by Crippen LogP contribution is 2.35. The van der Waals surface area contributed by atoms with Crippen molar-refractivity contribution in [1.82, 2.24) is 19.8 Å². The van der Waals surface area contributed by atoms with E-state index in [9.17, 15) is 5.11 Å². The van der Waals surface area contributed by atoms with Crippen molar-refractivity contribution < 1.29 is 5.11 Å². The number of rotatable bonds is 6. The van der Waals surface area contributed by atoms with Crippen LogP contribution in [0.5, 0.6) is 5.75 Å². The van der Waals surface area contributed by atoms with Crippen molar-refractivity contribution in [1.29, 1.82) is 0 Å². The Morgan fingerprint density at radius 1 is 0.833 bits per heavy atom. The zero-order chi connectivity index (χ0) is 20.3. The summed E-state index contributed by atoms with van der Waals surface area (Å²) in [4.78, 5) is 13.7. The van der Waals surface area contributed by atoms with E-state index in [4.69, 9.17) is 0 Å². The molecule has 156 valence electrons. The minimum atomic E-state index is 0.428. The molecule has 2 N–H and O–H groups in total. The summed E-state index contributed by atoms with van der Waals surface area (Å²) in [5.41, 5.74) is 3.82. The van der Waals surface area contributed by atoms with E-state index in [1.807, 2.05) is 24.3 Å². The number of aromatic nitrogens is 2. The number of aromatic hydroxyl groups is 1. The molecule has 6 nitrogen and oxygen atoms in total. The molecule has 2 aromatic carbocycles. The topological polar surface area (TPSA) is 64.5 Å². The number of para-hydroxylation sites is 1. The molecule has 3 heterocycles. The number of nitrogens with zero attached hydrogens (tertiary/aromatic N) is 4. The van der Waals surface area contributed by atoms with E-state index in [-0.39, 0.29) is 0 Å². The number of benzene rings is 2. The Balaban J connectivity index is 1.50. The molecule has 0 amide bonds. The van der Waals surface area contributed by atoms with Gasteiger partial charge in [-0.05, 0) is 70.1 Å². The second kappa shape index (κ2) is 8.58. The lowest BCUT2D eigenvalue weighted by Crippen LogP contribution is -2.21. The van der Waals surface area contributed by atoms with Gasteiger partial charge in [0, 0.05) is 35.3 Å². The Labute approximate surface area is 177 Å². The van der Waals surface area contributed by atoms with Crippen LogP contribution in [-0.4, -0.2) is 51.1 Å². The molecule has 1 aromatic heterocycles. The van der Waals surface area contributed by atoms with Crippen LogP contribution in [0.4, 0.5) is 11.5 Å². The molecule has 0 atom stereocenters. The summed E-state index contributed by atoms with van der Waals surface area (Å²) in [7, 11) is 0. The highest BCUT2D eigenvalue weighted by molar-refractivity contribution is 5.90. The van der Waals surface area contributed by atoms with E-state index >= 15 is 0 Å². The second-order valence-corrected chi connectivity index (χ2v) is 8.43. The fourth-order valence-corrected chi connectivity index (χ4v) is 4.67. The smallest absolute Gasteiger partial charge is 0.141 e. The van der Waals surface area contributed by atoms with Crippen molar-refractivity contribution in [2.45, 2.75) is 38.8 Å². The van der Waals surface area contributed by atoms with Gasteiger partial charge < -0.3 is 10.4 Å². The Bertz CT molecular complexity index is 1020. The minimum Gasteiger partial charge on any atom is -0.507 e. The molecule has 2 saturated heterocycles. The van der Waals surface area contributed by atoms with Gasteiger partial charge in [-0.2, -0.15) is 0 Å². The molecule has 0 unspecified atom stereocenters. The van der Waals surface area contributed by atoms with Crippen LogP contribution in [0.2, 0.25) is 0 Å². The number of phenolic OH excluding ortho intramolecular Hbond substituents is 1. The van der Waals surface area contributed by atoms with Crippen LogP contribution in [0.3, 0.4) is 0 Å². The third-order valence-corrected chi connectivity index (χ3v) is 6.34. The van der Waals surface area contributed by atoms with E-state index in [1.165, 1.54) is 25.7 Å². The fraction of sp³-hybridized carbons (Fsp3) is 0.417. The molecule has 30 heavy (non-hydrogen) atoms. The van der Waals surface area contributed by atoms with Crippen LogP contribution >= 0.6 is 0 Å². The number of hydrogen-bond donors (Lipinski definition) is 2. The summed E-state index contributed by atoms with van der Waals surface area (Å²) in [5, 5.41) is 15.7. The lowest BCUT2D eigenvalue weighted by molar-refractivity contribution is 0.313. The molecule has 0 bridgehead atoms. The molecular formula is C24H29N5O. The highest BCUT2D eigenvalue weighted by atomic mass is 16.3. The summed E-state index contributed by atoms with van der Waals surface area (Å²) >= 11 is 0. The minimum absolute atomic E-state index is 0.428. The zero-order valence-electron chi connectivity index (χ0n) is 17.3. The molecule has 0 spiro atoms. The highest BCUT2D eigenvalue weighted by Gasteiger charge is 2.21. The Hall–Kier alpha value is -2.70. The zero-order valence-corrected chi connectivity index (χ0v) is 17.3. The van der Waals surface area contributed by atoms with Gasteiger partial charge in [0.1, 0.15) is 17.9 Å². The van der Waals surface area contributed by atoms with Crippen LogP contribution in [0, 0.1) is 0 Å². The number of phenols is 1. The summed E-state index contributed by atoms with van der Waals surface area (Å²) in [6.07, 6.45) is 6.55. The summed E-state index contributed by atoms with van der Waals surface area (Å²) in [5.74, 6) is 1.20. The molecule has 2 fully saturated rings. The van der Waals surface area contributed by atoms with Crippen molar-refractivity contribution in [3.63, 3.8) is 0 Å². The van der Waals surface area contributed by atoms with Gasteiger partial charge in [0.2, 0.25) is 0 Å². The van der Waals surface area contributed by atoms with Gasteiger partial charge in [-0.3, -0.25) is 9.80 Å². The van der Waals surface area contributed by atoms with Crippen LogP contribution in [-0.2, 0) is 13.1 Å². The maximum absolute atomic E-state index is 11.3. The van der Waals surface area contributed by atoms with Crippen LogP contribution in [0.15, 0.2) is 42.7 Å². The van der Waals surface area contributed by atoms with Crippen molar-refractivity contribution in [3.05, 3.63) is 53.9 Å². The summed E-state index contributed by atoms with van der Waals surface area (Å²) < 4.78 is 0. The number of likely N-dealkylation sites (tertiary alicyclic amines) is 2. The van der Waals surface area contributed by atoms with E-state index < -0.39 is 0 Å². The Kier molecular flexibility index (Phi) is 5.51. The van der Waals surface area contributed by atoms with Gasteiger partial charge in [0.15, 0.2) is 0 Å². The van der Waals surface area contributed by atoms with E-state index in [0.717, 1.165) is 72.8 Å². The SMILES string of the molecule is Oc1c(CN2CCCC2)ccc(Nc2ncnc3ccccc23)c1CN1CCCC1. The summed E-state index contributed by atoms with van der Waals surface area (Å²) in [6, 6.07) is 12.2. The van der Waals surface area contributed by atoms with Crippen LogP contribution in [0.1, 0.15) is 36.8 Å². The van der Waals surface area contributed by atoms with Crippen molar-refractivity contribution >= 4 is 22.4 Å². The number of hydrogen-bond acceptors (Lipinski definition) is 6. The van der Waals surface area contributed by atoms with Gasteiger partial charge >= 0.3 is 0 Å². The molecule has 3 aromatic rings. The lowest BCUT2D eigenvalue weighted by atomic mass is 10.0.